The molecule has 1 fully saturated rings. The Morgan fingerprint density at radius 1 is 1.33 bits per heavy atom. The monoisotopic (exact) mass is 398 g/mol. The van der Waals surface area contributed by atoms with Crippen LogP contribution >= 0.6 is 0 Å². The van der Waals surface area contributed by atoms with Gasteiger partial charge in [0.05, 0.1) is 17.4 Å². The minimum atomic E-state index is -3.70. The van der Waals surface area contributed by atoms with Crippen molar-refractivity contribution >= 4 is 21.9 Å². The third-order valence-electron chi connectivity index (χ3n) is 4.72. The number of hydrogen-bond acceptors (Lipinski definition) is 5. The molecule has 9 heteroatoms. The first-order valence-corrected chi connectivity index (χ1v) is 10.2. The van der Waals surface area contributed by atoms with Crippen LogP contribution in [0.15, 0.2) is 29.2 Å². The average molecular weight is 398 g/mol. The van der Waals surface area contributed by atoms with Crippen LogP contribution < -0.4 is 5.32 Å². The summed E-state index contributed by atoms with van der Waals surface area (Å²) in [5, 5.41) is 11.9. The summed E-state index contributed by atoms with van der Waals surface area (Å²) in [5.74, 6) is -2.31. The van der Waals surface area contributed by atoms with E-state index < -0.39 is 33.4 Å². The lowest BCUT2D eigenvalue weighted by atomic mass is 9.96. The molecule has 0 aliphatic carbocycles. The van der Waals surface area contributed by atoms with Gasteiger partial charge in [-0.1, -0.05) is 17.7 Å². The predicted octanol–water partition coefficient (Wildman–Crippen LogP) is 1.00. The van der Waals surface area contributed by atoms with Gasteiger partial charge in [-0.2, -0.15) is 4.31 Å². The molecule has 8 nitrogen and oxygen atoms in total. The number of rotatable bonds is 7. The molecule has 0 saturated carbocycles. The maximum Gasteiger partial charge on any atom is 0.331 e. The minimum absolute atomic E-state index is 0.0186. The van der Waals surface area contributed by atoms with Crippen molar-refractivity contribution in [2.45, 2.75) is 37.1 Å². The largest absolute Gasteiger partial charge is 0.479 e. The Bertz CT molecular complexity index is 793. The Labute approximate surface area is 159 Å². The molecule has 2 atom stereocenters. The van der Waals surface area contributed by atoms with E-state index in [0.29, 0.717) is 19.4 Å². The highest BCUT2D eigenvalue weighted by atomic mass is 32.2. The van der Waals surface area contributed by atoms with Crippen molar-refractivity contribution in [1.29, 1.82) is 0 Å². The maximum absolute atomic E-state index is 12.8. The zero-order chi connectivity index (χ0) is 20.2. The first-order valence-electron chi connectivity index (χ1n) is 8.71. The highest BCUT2D eigenvalue weighted by Crippen LogP contribution is 2.24. The molecule has 1 aromatic carbocycles. The number of aryl methyl sites for hydroxylation is 1. The summed E-state index contributed by atoms with van der Waals surface area (Å²) >= 11 is 0. The molecule has 1 heterocycles. The standard InChI is InChI=1S/C18H26N2O6S/c1-13-6-8-15(9-7-13)27(24,25)20-10-4-5-14(11-20)16(21)19-18(2,12-26-3)17(22)23/h6-9,14H,4-5,10-12H2,1-3H3,(H,19,21)(H,22,23). The van der Waals surface area contributed by atoms with E-state index >= 15 is 0 Å². The Morgan fingerprint density at radius 2 is 1.96 bits per heavy atom. The summed E-state index contributed by atoms with van der Waals surface area (Å²) in [4.78, 5) is 24.2. The van der Waals surface area contributed by atoms with Crippen LogP contribution in [-0.4, -0.2) is 62.1 Å². The molecule has 150 valence electrons. The second kappa shape index (κ2) is 8.37. The molecule has 2 unspecified atom stereocenters. The van der Waals surface area contributed by atoms with Crippen molar-refractivity contribution in [3.63, 3.8) is 0 Å². The molecular weight excluding hydrogens is 372 g/mol. The van der Waals surface area contributed by atoms with Crippen molar-refractivity contribution in [3.8, 4) is 0 Å². The number of carboxylic acid groups (broad SMARTS) is 1. The molecule has 0 spiro atoms. The van der Waals surface area contributed by atoms with Crippen LogP contribution in [0.4, 0.5) is 0 Å². The SMILES string of the molecule is COCC(C)(NC(=O)C1CCCN(S(=O)(=O)c2ccc(C)cc2)C1)C(=O)O. The second-order valence-corrected chi connectivity index (χ2v) is 9.01. The van der Waals surface area contributed by atoms with Crippen LogP contribution in [0, 0.1) is 12.8 Å². The van der Waals surface area contributed by atoms with Crippen molar-refractivity contribution in [2.75, 3.05) is 26.8 Å². The van der Waals surface area contributed by atoms with Crippen LogP contribution in [-0.2, 0) is 24.3 Å². The molecular formula is C18H26N2O6S. The van der Waals surface area contributed by atoms with Gasteiger partial charge in [-0.3, -0.25) is 4.79 Å². The lowest BCUT2D eigenvalue weighted by Gasteiger charge is -2.33. The van der Waals surface area contributed by atoms with Gasteiger partial charge in [-0.15, -0.1) is 0 Å². The maximum atomic E-state index is 12.8. The number of ether oxygens (including phenoxy) is 1. The number of piperidine rings is 1. The Kier molecular flexibility index (Phi) is 6.61. The fourth-order valence-corrected chi connectivity index (χ4v) is 4.57. The summed E-state index contributed by atoms with van der Waals surface area (Å²) in [5.41, 5.74) is -0.611. The van der Waals surface area contributed by atoms with E-state index in [1.807, 2.05) is 6.92 Å². The topological polar surface area (TPSA) is 113 Å². The average Bonchev–Trinajstić information content (AvgIpc) is 2.62. The zero-order valence-corrected chi connectivity index (χ0v) is 16.6. The first kappa shape index (κ1) is 21.3. The number of methoxy groups -OCH3 is 1. The molecule has 1 aliphatic heterocycles. The Balaban J connectivity index is 2.14. The molecule has 0 bridgehead atoms. The number of nitrogens with zero attached hydrogens (tertiary/aromatic N) is 1. The molecule has 2 rings (SSSR count). The number of aliphatic carboxylic acids is 1. The highest BCUT2D eigenvalue weighted by molar-refractivity contribution is 7.89. The van der Waals surface area contributed by atoms with Crippen molar-refractivity contribution in [3.05, 3.63) is 29.8 Å². The van der Waals surface area contributed by atoms with E-state index in [1.165, 1.54) is 18.3 Å². The number of hydrogen-bond donors (Lipinski definition) is 2. The summed E-state index contributed by atoms with van der Waals surface area (Å²) in [6.45, 7) is 3.39. The van der Waals surface area contributed by atoms with Gasteiger partial charge in [0.1, 0.15) is 0 Å². The van der Waals surface area contributed by atoms with E-state index in [2.05, 4.69) is 5.32 Å². The van der Waals surface area contributed by atoms with Gasteiger partial charge in [-0.25, -0.2) is 13.2 Å². The minimum Gasteiger partial charge on any atom is -0.479 e. The van der Waals surface area contributed by atoms with E-state index in [1.54, 1.807) is 24.3 Å². The van der Waals surface area contributed by atoms with Gasteiger partial charge in [0, 0.05) is 20.2 Å². The van der Waals surface area contributed by atoms with Gasteiger partial charge in [0.25, 0.3) is 0 Å². The normalized spacial score (nSPS) is 20.6. The van der Waals surface area contributed by atoms with Crippen molar-refractivity contribution < 1.29 is 27.9 Å². The third kappa shape index (κ3) is 4.85. The number of carbonyl (C=O) groups is 2. The molecule has 0 aromatic heterocycles. The van der Waals surface area contributed by atoms with Gasteiger partial charge in [0.15, 0.2) is 5.54 Å². The molecule has 1 aromatic rings. The fraction of sp³-hybridized carbons (Fsp3) is 0.556. The molecule has 27 heavy (non-hydrogen) atoms. The smallest absolute Gasteiger partial charge is 0.331 e. The van der Waals surface area contributed by atoms with Crippen LogP contribution in [0.2, 0.25) is 0 Å². The number of carbonyl (C=O) groups excluding carboxylic acids is 1. The Morgan fingerprint density at radius 3 is 2.52 bits per heavy atom. The third-order valence-corrected chi connectivity index (χ3v) is 6.60. The predicted molar refractivity (Wildman–Crippen MR) is 98.7 cm³/mol. The molecule has 0 radical (unpaired) electrons. The number of amides is 1. The number of carboxylic acids is 1. The van der Waals surface area contributed by atoms with Gasteiger partial charge in [-0.05, 0) is 38.8 Å². The van der Waals surface area contributed by atoms with Crippen LogP contribution in [0.1, 0.15) is 25.3 Å². The van der Waals surface area contributed by atoms with Crippen molar-refractivity contribution in [2.24, 2.45) is 5.92 Å². The molecule has 1 saturated heterocycles. The molecule has 1 amide bonds. The van der Waals surface area contributed by atoms with Crippen LogP contribution in [0.25, 0.3) is 0 Å². The van der Waals surface area contributed by atoms with Crippen LogP contribution in [0.5, 0.6) is 0 Å². The highest BCUT2D eigenvalue weighted by Gasteiger charge is 2.39. The number of benzene rings is 1. The number of sulfonamides is 1. The molecule has 1 aliphatic rings. The summed E-state index contributed by atoms with van der Waals surface area (Å²) in [6, 6.07) is 6.55. The van der Waals surface area contributed by atoms with Gasteiger partial charge < -0.3 is 15.2 Å². The first-order chi connectivity index (χ1) is 12.6. The van der Waals surface area contributed by atoms with Gasteiger partial charge >= 0.3 is 5.97 Å². The summed E-state index contributed by atoms with van der Waals surface area (Å²) < 4.78 is 31.9. The zero-order valence-electron chi connectivity index (χ0n) is 15.8. The summed E-state index contributed by atoms with van der Waals surface area (Å²) in [7, 11) is -2.35. The lowest BCUT2D eigenvalue weighted by molar-refractivity contribution is -0.150. The quantitative estimate of drug-likeness (QED) is 0.709. The molecule has 2 N–H and O–H groups in total. The van der Waals surface area contributed by atoms with E-state index in [9.17, 15) is 23.1 Å². The second-order valence-electron chi connectivity index (χ2n) is 7.07. The van der Waals surface area contributed by atoms with Crippen molar-refractivity contribution in [1.82, 2.24) is 9.62 Å². The Hall–Kier alpha value is -1.97. The lowest BCUT2D eigenvalue weighted by Crippen LogP contribution is -2.58. The van der Waals surface area contributed by atoms with E-state index in [-0.39, 0.29) is 18.0 Å². The number of nitrogens with one attached hydrogen (secondary N) is 1. The summed E-state index contributed by atoms with van der Waals surface area (Å²) in [6.07, 6.45) is 1.02. The van der Waals surface area contributed by atoms with Gasteiger partial charge in [0.2, 0.25) is 15.9 Å². The van der Waals surface area contributed by atoms with E-state index in [4.69, 9.17) is 4.74 Å². The van der Waals surface area contributed by atoms with Crippen LogP contribution in [0.3, 0.4) is 0 Å². The fourth-order valence-electron chi connectivity index (χ4n) is 3.05. The van der Waals surface area contributed by atoms with E-state index in [0.717, 1.165) is 5.56 Å².